The molecule has 58 heavy (non-hydrogen) atoms. The zero-order chi connectivity index (χ0) is 41.3. The minimum absolute atomic E-state index is 0.102. The van der Waals surface area contributed by atoms with Crippen molar-refractivity contribution in [3.8, 4) is 0 Å². The molecule has 4 unspecified atom stereocenters. The summed E-state index contributed by atoms with van der Waals surface area (Å²) in [5, 5.41) is 15.7. The number of hydrogen-bond donors (Lipinski definition) is 6. The van der Waals surface area contributed by atoms with E-state index in [2.05, 4.69) is 21.3 Å². The highest BCUT2D eigenvalue weighted by Gasteiger charge is 2.31. The van der Waals surface area contributed by atoms with Crippen molar-refractivity contribution in [3.63, 3.8) is 0 Å². The predicted octanol–water partition coefficient (Wildman–Crippen LogP) is 4.81. The van der Waals surface area contributed by atoms with Crippen LogP contribution in [0.2, 0.25) is 0 Å². The number of hydrogen-bond acceptors (Lipinski definition) is 7. The third-order valence-electron chi connectivity index (χ3n) is 10.3. The molecule has 0 fully saturated rings. The minimum atomic E-state index is -1.14. The van der Waals surface area contributed by atoms with E-state index in [0.29, 0.717) is 45.2 Å². The van der Waals surface area contributed by atoms with Gasteiger partial charge in [-0.1, -0.05) is 115 Å². The Morgan fingerprint density at radius 3 is 1.40 bits per heavy atom. The normalized spacial score (nSPS) is 13.2. The van der Waals surface area contributed by atoms with Gasteiger partial charge in [0.15, 0.2) is 5.78 Å². The number of amides is 4. The van der Waals surface area contributed by atoms with Crippen molar-refractivity contribution in [2.75, 3.05) is 13.1 Å². The first-order chi connectivity index (χ1) is 28.1. The van der Waals surface area contributed by atoms with E-state index in [0.717, 1.165) is 38.2 Å². The Labute approximate surface area is 340 Å². The van der Waals surface area contributed by atoms with E-state index in [1.165, 1.54) is 6.92 Å². The van der Waals surface area contributed by atoms with E-state index in [9.17, 15) is 24.0 Å². The summed E-state index contributed by atoms with van der Waals surface area (Å²) in [6.45, 7) is 2.35. The summed E-state index contributed by atoms with van der Waals surface area (Å²) in [4.78, 5) is 68.7. The number of benzene rings is 5. The van der Waals surface area contributed by atoms with Crippen molar-refractivity contribution in [1.29, 1.82) is 0 Å². The third kappa shape index (κ3) is 13.1. The summed E-state index contributed by atoms with van der Waals surface area (Å²) >= 11 is 0. The highest BCUT2D eigenvalue weighted by Crippen LogP contribution is 2.19. The molecule has 11 nitrogen and oxygen atoms in total. The van der Waals surface area contributed by atoms with E-state index < -0.39 is 41.9 Å². The molecule has 4 amide bonds. The second kappa shape index (κ2) is 22.1. The van der Waals surface area contributed by atoms with Crippen LogP contribution in [0.1, 0.15) is 62.1 Å². The van der Waals surface area contributed by atoms with E-state index >= 15 is 0 Å². The molecule has 0 aliphatic carbocycles. The van der Waals surface area contributed by atoms with Gasteiger partial charge in [0, 0.05) is 25.7 Å². The van der Waals surface area contributed by atoms with Gasteiger partial charge >= 0.3 is 0 Å². The van der Waals surface area contributed by atoms with Crippen LogP contribution in [-0.4, -0.2) is 66.7 Å². The molecule has 0 aliphatic heterocycles. The molecule has 0 aliphatic rings. The number of Topliss-reactive ketones (excluding diaryl/α,β-unsaturated/α-hetero) is 1. The molecule has 0 saturated heterocycles. The average molecular weight is 785 g/mol. The molecule has 5 aromatic carbocycles. The van der Waals surface area contributed by atoms with Gasteiger partial charge in [-0.05, 0) is 90.4 Å². The Kier molecular flexibility index (Phi) is 16.5. The van der Waals surface area contributed by atoms with Gasteiger partial charge in [0.1, 0.15) is 18.1 Å². The number of fused-ring (bicyclic) bond motifs is 2. The van der Waals surface area contributed by atoms with Crippen LogP contribution < -0.4 is 32.7 Å². The summed E-state index contributed by atoms with van der Waals surface area (Å²) < 4.78 is 0. The fraction of sp³-hybridized carbons (Fsp3) is 0.340. The maximum Gasteiger partial charge on any atom is 0.243 e. The van der Waals surface area contributed by atoms with Gasteiger partial charge in [0.25, 0.3) is 0 Å². The maximum absolute atomic E-state index is 14.5. The van der Waals surface area contributed by atoms with Gasteiger partial charge in [-0.15, -0.1) is 0 Å². The van der Waals surface area contributed by atoms with Crippen molar-refractivity contribution in [1.82, 2.24) is 21.3 Å². The van der Waals surface area contributed by atoms with E-state index in [1.807, 2.05) is 115 Å². The highest BCUT2D eigenvalue weighted by molar-refractivity contribution is 5.96. The molecular weight excluding hydrogens is 729 g/mol. The number of nitrogens with one attached hydrogen (secondary N) is 4. The molecule has 11 heteroatoms. The van der Waals surface area contributed by atoms with Gasteiger partial charge in [0.2, 0.25) is 23.6 Å². The van der Waals surface area contributed by atoms with Crippen molar-refractivity contribution in [2.45, 2.75) is 88.9 Å². The van der Waals surface area contributed by atoms with Gasteiger partial charge in [-0.3, -0.25) is 24.0 Å². The lowest BCUT2D eigenvalue weighted by Gasteiger charge is -2.27. The Bertz CT molecular complexity index is 2160. The molecule has 0 saturated carbocycles. The average Bonchev–Trinajstić information content (AvgIpc) is 3.22. The number of rotatable bonds is 22. The van der Waals surface area contributed by atoms with Crippen molar-refractivity contribution >= 4 is 51.0 Å². The number of carbonyl (C=O) groups excluding carboxylic acids is 5. The lowest BCUT2D eigenvalue weighted by Crippen LogP contribution is -2.59. The quantitative estimate of drug-likeness (QED) is 0.0544. The van der Waals surface area contributed by atoms with Gasteiger partial charge < -0.3 is 32.7 Å². The first kappa shape index (κ1) is 43.2. The zero-order valence-electron chi connectivity index (χ0n) is 33.3. The molecule has 0 bridgehead atoms. The zero-order valence-corrected chi connectivity index (χ0v) is 33.3. The highest BCUT2D eigenvalue weighted by atomic mass is 16.2. The van der Waals surface area contributed by atoms with Crippen molar-refractivity contribution in [2.24, 2.45) is 11.5 Å². The monoisotopic (exact) mass is 784 g/mol. The Hall–Kier alpha value is -5.91. The molecule has 8 N–H and O–H groups in total. The molecule has 5 aromatic rings. The van der Waals surface area contributed by atoms with Gasteiger partial charge in [-0.2, -0.15) is 0 Å². The van der Waals surface area contributed by atoms with E-state index in [1.54, 1.807) is 0 Å². The summed E-state index contributed by atoms with van der Waals surface area (Å²) in [5.74, 6) is -2.13. The molecule has 4 atom stereocenters. The van der Waals surface area contributed by atoms with Crippen LogP contribution in [0.4, 0.5) is 0 Å². The summed E-state index contributed by atoms with van der Waals surface area (Å²) in [6.07, 6.45) is 3.64. The first-order valence-electron chi connectivity index (χ1n) is 20.2. The molecule has 0 radical (unpaired) electrons. The SMILES string of the molecule is CC(=O)C(CCCCN)NC(=O)C(Cc1ccccc1)NC(=O)C(Cc1ccc2ccccc2c1)NC(=O)C(Cc1ccc2ccccc2c1)NC(=O)CCCCN. The number of ketones is 1. The molecule has 0 spiro atoms. The lowest BCUT2D eigenvalue weighted by atomic mass is 9.98. The summed E-state index contributed by atoms with van der Waals surface area (Å²) in [7, 11) is 0. The van der Waals surface area contributed by atoms with Crippen molar-refractivity contribution in [3.05, 3.63) is 132 Å². The first-order valence-corrected chi connectivity index (χ1v) is 20.2. The Morgan fingerprint density at radius 1 is 0.466 bits per heavy atom. The third-order valence-corrected chi connectivity index (χ3v) is 10.3. The number of nitrogens with two attached hydrogens (primary N) is 2. The Balaban J connectivity index is 1.44. The van der Waals surface area contributed by atoms with Gasteiger partial charge in [0.05, 0.1) is 6.04 Å². The largest absolute Gasteiger partial charge is 0.345 e. The van der Waals surface area contributed by atoms with Crippen LogP contribution in [0, 0.1) is 0 Å². The molecule has 5 rings (SSSR count). The minimum Gasteiger partial charge on any atom is -0.345 e. The maximum atomic E-state index is 14.5. The lowest BCUT2D eigenvalue weighted by molar-refractivity contribution is -0.134. The van der Waals surface area contributed by atoms with Crippen LogP contribution in [0.15, 0.2) is 115 Å². The van der Waals surface area contributed by atoms with E-state index in [4.69, 9.17) is 11.5 Å². The van der Waals surface area contributed by atoms with Crippen LogP contribution in [0.5, 0.6) is 0 Å². The van der Waals surface area contributed by atoms with Crippen LogP contribution in [0.3, 0.4) is 0 Å². The van der Waals surface area contributed by atoms with Crippen molar-refractivity contribution < 1.29 is 24.0 Å². The second-order valence-corrected chi connectivity index (χ2v) is 14.9. The smallest absolute Gasteiger partial charge is 0.243 e. The number of carbonyl (C=O) groups is 5. The summed E-state index contributed by atoms with van der Waals surface area (Å²) in [6, 6.07) is 32.8. The second-order valence-electron chi connectivity index (χ2n) is 14.9. The topological polar surface area (TPSA) is 186 Å². The van der Waals surface area contributed by atoms with Crippen LogP contribution in [0.25, 0.3) is 21.5 Å². The fourth-order valence-corrected chi connectivity index (χ4v) is 7.06. The van der Waals surface area contributed by atoms with Gasteiger partial charge in [-0.25, -0.2) is 0 Å². The standard InChI is InChI=1S/C47H56N6O5/c1-32(54)40(19-9-11-25-48)51-46(57)42(29-33-13-3-2-4-14-33)52-47(58)43(31-35-22-24-37-16-6-8-18-39(37)28-35)53-45(56)41(50-44(55)20-10-12-26-49)30-34-21-23-36-15-5-7-17-38(36)27-34/h2-8,13-18,21-24,27-28,40-43H,9-12,19-20,25-26,29-31,48-49H2,1H3,(H,50,55)(H,51,57)(H,52,58)(H,53,56). The predicted molar refractivity (Wildman–Crippen MR) is 230 cm³/mol. The Morgan fingerprint density at radius 2 is 0.897 bits per heavy atom. The number of unbranched alkanes of at least 4 members (excludes halogenated alkanes) is 2. The van der Waals surface area contributed by atoms with E-state index in [-0.39, 0.29) is 37.4 Å². The molecule has 0 heterocycles. The molecular formula is C47H56N6O5. The molecule has 304 valence electrons. The summed E-state index contributed by atoms with van der Waals surface area (Å²) in [5.41, 5.74) is 13.8. The molecule has 0 aromatic heterocycles. The fourth-order valence-electron chi connectivity index (χ4n) is 7.06. The van der Waals surface area contributed by atoms with Crippen LogP contribution >= 0.6 is 0 Å². The van der Waals surface area contributed by atoms with Crippen LogP contribution in [-0.2, 0) is 43.2 Å².